The second kappa shape index (κ2) is 9.36. The average molecular weight is 321 g/mol. The van der Waals surface area contributed by atoms with Gasteiger partial charge in [-0.3, -0.25) is 4.90 Å². The second-order valence-electron chi connectivity index (χ2n) is 6.66. The summed E-state index contributed by atoms with van der Waals surface area (Å²) in [5, 5.41) is 3.47. The molecule has 0 aromatic heterocycles. The summed E-state index contributed by atoms with van der Waals surface area (Å²) in [5.41, 5.74) is 1.23. The maximum Gasteiger partial charge on any atom is 0.123 e. The third-order valence-corrected chi connectivity index (χ3v) is 4.72. The van der Waals surface area contributed by atoms with Crippen LogP contribution in [0.25, 0.3) is 0 Å². The van der Waals surface area contributed by atoms with Gasteiger partial charge in [-0.2, -0.15) is 0 Å². The molecule has 2 unspecified atom stereocenters. The molecule has 1 fully saturated rings. The Labute approximate surface area is 140 Å². The van der Waals surface area contributed by atoms with Gasteiger partial charge in [0.25, 0.3) is 0 Å². The van der Waals surface area contributed by atoms with Crippen LogP contribution in [0.15, 0.2) is 24.3 Å². The molecule has 1 aliphatic heterocycles. The van der Waals surface area contributed by atoms with E-state index < -0.39 is 0 Å². The standard InChI is InChI=1S/C19H32FN3/c1-4-11-22(12-5-2)15-19(17-6-8-18(20)9-7-17)23-13-10-21-14-16(23)3/h6-9,16,19,21H,4-5,10-15H2,1-3H3. The van der Waals surface area contributed by atoms with Crippen molar-refractivity contribution in [1.29, 1.82) is 0 Å². The molecule has 1 aliphatic rings. The SMILES string of the molecule is CCCN(CCC)CC(c1ccc(F)cc1)N1CCNCC1C. The lowest BCUT2D eigenvalue weighted by atomic mass is 10.0. The van der Waals surface area contributed by atoms with E-state index in [9.17, 15) is 4.39 Å². The van der Waals surface area contributed by atoms with Crippen molar-refractivity contribution in [3.63, 3.8) is 0 Å². The summed E-state index contributed by atoms with van der Waals surface area (Å²) in [7, 11) is 0. The van der Waals surface area contributed by atoms with Crippen molar-refractivity contribution in [2.45, 2.75) is 45.7 Å². The first-order valence-electron chi connectivity index (χ1n) is 9.10. The number of hydrogen-bond acceptors (Lipinski definition) is 3. The molecule has 1 N–H and O–H groups in total. The maximum absolute atomic E-state index is 13.3. The van der Waals surface area contributed by atoms with E-state index in [2.05, 4.69) is 35.9 Å². The molecule has 2 atom stereocenters. The van der Waals surface area contributed by atoms with E-state index in [0.29, 0.717) is 12.1 Å². The highest BCUT2D eigenvalue weighted by atomic mass is 19.1. The molecular formula is C19H32FN3. The Morgan fingerprint density at radius 2 is 1.87 bits per heavy atom. The minimum Gasteiger partial charge on any atom is -0.314 e. The summed E-state index contributed by atoms with van der Waals surface area (Å²) in [5.74, 6) is -0.153. The minimum atomic E-state index is -0.153. The van der Waals surface area contributed by atoms with Gasteiger partial charge in [0.05, 0.1) is 0 Å². The van der Waals surface area contributed by atoms with Crippen LogP contribution in [0.4, 0.5) is 4.39 Å². The Balaban J connectivity index is 2.20. The highest BCUT2D eigenvalue weighted by Gasteiger charge is 2.28. The first-order valence-corrected chi connectivity index (χ1v) is 9.10. The fourth-order valence-corrected chi connectivity index (χ4v) is 3.58. The monoisotopic (exact) mass is 321 g/mol. The second-order valence-corrected chi connectivity index (χ2v) is 6.66. The van der Waals surface area contributed by atoms with Crippen LogP contribution in [0.1, 0.15) is 45.2 Å². The van der Waals surface area contributed by atoms with E-state index >= 15 is 0 Å². The van der Waals surface area contributed by atoms with Crippen LogP contribution < -0.4 is 5.32 Å². The van der Waals surface area contributed by atoms with Gasteiger partial charge in [-0.25, -0.2) is 4.39 Å². The van der Waals surface area contributed by atoms with E-state index in [1.54, 1.807) is 12.1 Å². The number of halogens is 1. The van der Waals surface area contributed by atoms with Crippen LogP contribution >= 0.6 is 0 Å². The molecule has 1 aromatic carbocycles. The van der Waals surface area contributed by atoms with Gasteiger partial charge in [0, 0.05) is 38.3 Å². The minimum absolute atomic E-state index is 0.153. The fraction of sp³-hybridized carbons (Fsp3) is 0.684. The van der Waals surface area contributed by atoms with Gasteiger partial charge in [0.2, 0.25) is 0 Å². The van der Waals surface area contributed by atoms with Crippen LogP contribution in [-0.4, -0.2) is 55.1 Å². The number of nitrogens with zero attached hydrogens (tertiary/aromatic N) is 2. The molecule has 2 rings (SSSR count). The van der Waals surface area contributed by atoms with Crippen LogP contribution in [0.2, 0.25) is 0 Å². The number of hydrogen-bond donors (Lipinski definition) is 1. The molecule has 0 bridgehead atoms. The Morgan fingerprint density at radius 1 is 1.22 bits per heavy atom. The zero-order valence-electron chi connectivity index (χ0n) is 14.9. The molecule has 1 aromatic rings. The van der Waals surface area contributed by atoms with Gasteiger partial charge in [-0.15, -0.1) is 0 Å². The molecule has 23 heavy (non-hydrogen) atoms. The van der Waals surface area contributed by atoms with Crippen LogP contribution in [0.3, 0.4) is 0 Å². The Kier molecular flexibility index (Phi) is 7.47. The summed E-state index contributed by atoms with van der Waals surface area (Å²) < 4.78 is 13.3. The van der Waals surface area contributed by atoms with Gasteiger partial charge in [-0.05, 0) is 50.6 Å². The van der Waals surface area contributed by atoms with E-state index in [-0.39, 0.29) is 5.82 Å². The van der Waals surface area contributed by atoms with Crippen molar-refractivity contribution in [2.75, 3.05) is 39.3 Å². The first kappa shape index (κ1) is 18.4. The summed E-state index contributed by atoms with van der Waals surface area (Å²) in [6, 6.07) is 7.96. The number of rotatable bonds is 8. The highest BCUT2D eigenvalue weighted by Crippen LogP contribution is 2.25. The maximum atomic E-state index is 13.3. The number of benzene rings is 1. The predicted octanol–water partition coefficient (Wildman–Crippen LogP) is 3.28. The molecule has 130 valence electrons. The smallest absolute Gasteiger partial charge is 0.123 e. The molecule has 0 radical (unpaired) electrons. The van der Waals surface area contributed by atoms with Crippen LogP contribution in [0, 0.1) is 5.82 Å². The Hall–Kier alpha value is -0.970. The van der Waals surface area contributed by atoms with Gasteiger partial charge in [0.1, 0.15) is 5.82 Å². The third kappa shape index (κ3) is 5.27. The van der Waals surface area contributed by atoms with Gasteiger partial charge >= 0.3 is 0 Å². The molecule has 1 heterocycles. The zero-order valence-corrected chi connectivity index (χ0v) is 14.9. The van der Waals surface area contributed by atoms with E-state index in [1.165, 1.54) is 18.4 Å². The lowest BCUT2D eigenvalue weighted by Crippen LogP contribution is -2.53. The van der Waals surface area contributed by atoms with Crippen molar-refractivity contribution in [2.24, 2.45) is 0 Å². The van der Waals surface area contributed by atoms with Gasteiger partial charge in [-0.1, -0.05) is 26.0 Å². The summed E-state index contributed by atoms with van der Waals surface area (Å²) in [4.78, 5) is 5.14. The normalized spacial score (nSPS) is 20.8. The summed E-state index contributed by atoms with van der Waals surface area (Å²) >= 11 is 0. The Bertz CT molecular complexity index is 442. The van der Waals surface area contributed by atoms with Crippen molar-refractivity contribution >= 4 is 0 Å². The fourth-order valence-electron chi connectivity index (χ4n) is 3.58. The van der Waals surface area contributed by atoms with Gasteiger partial charge in [0.15, 0.2) is 0 Å². The third-order valence-electron chi connectivity index (χ3n) is 4.72. The van der Waals surface area contributed by atoms with Crippen LogP contribution in [-0.2, 0) is 0 Å². The molecule has 0 spiro atoms. The topological polar surface area (TPSA) is 18.5 Å². The Morgan fingerprint density at radius 3 is 2.43 bits per heavy atom. The van der Waals surface area contributed by atoms with E-state index in [4.69, 9.17) is 0 Å². The lowest BCUT2D eigenvalue weighted by Gasteiger charge is -2.42. The summed E-state index contributed by atoms with van der Waals surface area (Å²) in [6.45, 7) is 13.2. The molecular weight excluding hydrogens is 289 g/mol. The van der Waals surface area contributed by atoms with Crippen molar-refractivity contribution < 1.29 is 4.39 Å². The van der Waals surface area contributed by atoms with Gasteiger partial charge < -0.3 is 10.2 Å². The molecule has 0 aliphatic carbocycles. The lowest BCUT2D eigenvalue weighted by molar-refractivity contribution is 0.0839. The predicted molar refractivity (Wildman–Crippen MR) is 95.2 cm³/mol. The number of nitrogens with one attached hydrogen (secondary N) is 1. The molecule has 3 nitrogen and oxygen atoms in total. The molecule has 0 amide bonds. The molecule has 4 heteroatoms. The van der Waals surface area contributed by atoms with Crippen LogP contribution in [0.5, 0.6) is 0 Å². The summed E-state index contributed by atoms with van der Waals surface area (Å²) in [6.07, 6.45) is 2.35. The van der Waals surface area contributed by atoms with E-state index in [0.717, 1.165) is 39.3 Å². The largest absolute Gasteiger partial charge is 0.314 e. The zero-order chi connectivity index (χ0) is 16.7. The molecule has 1 saturated heterocycles. The van der Waals surface area contributed by atoms with E-state index in [1.807, 2.05) is 12.1 Å². The van der Waals surface area contributed by atoms with Crippen molar-refractivity contribution in [1.82, 2.24) is 15.1 Å². The molecule has 0 saturated carbocycles. The number of piperazine rings is 1. The quantitative estimate of drug-likeness (QED) is 0.793. The first-order chi connectivity index (χ1) is 11.2. The average Bonchev–Trinajstić information content (AvgIpc) is 2.55. The highest BCUT2D eigenvalue weighted by molar-refractivity contribution is 5.21. The van der Waals surface area contributed by atoms with Crippen molar-refractivity contribution in [3.8, 4) is 0 Å². The van der Waals surface area contributed by atoms with Crippen molar-refractivity contribution in [3.05, 3.63) is 35.6 Å².